The molecule has 17 heavy (non-hydrogen) atoms. The molecular weight excluding hydrogens is 276 g/mol. The summed E-state index contributed by atoms with van der Waals surface area (Å²) >= 11 is 3.48. The Morgan fingerprint density at radius 3 is 2.59 bits per heavy atom. The summed E-state index contributed by atoms with van der Waals surface area (Å²) in [5.41, 5.74) is 8.80. The van der Waals surface area contributed by atoms with E-state index >= 15 is 0 Å². The van der Waals surface area contributed by atoms with E-state index < -0.39 is 0 Å². The lowest BCUT2D eigenvalue weighted by Crippen LogP contribution is -2.06. The fraction of sp³-hybridized carbons (Fsp3) is 0.143. The Bertz CT molecular complexity index is 511. The van der Waals surface area contributed by atoms with Gasteiger partial charge in [0.2, 0.25) is 0 Å². The Labute approximate surface area is 110 Å². The Morgan fingerprint density at radius 1 is 1.12 bits per heavy atom. The highest BCUT2D eigenvalue weighted by molar-refractivity contribution is 9.10. The second-order valence-electron chi connectivity index (χ2n) is 4.05. The Balaban J connectivity index is 2.14. The maximum Gasteiger partial charge on any atom is 0.0486 e. The number of nitrogens with one attached hydrogen (secondary N) is 1. The van der Waals surface area contributed by atoms with E-state index in [-0.39, 0.29) is 6.04 Å². The Kier molecular flexibility index (Phi) is 3.69. The van der Waals surface area contributed by atoms with Crippen LogP contribution in [0, 0.1) is 0 Å². The van der Waals surface area contributed by atoms with E-state index in [1.165, 1.54) is 5.56 Å². The lowest BCUT2D eigenvalue weighted by Gasteiger charge is -2.16. The van der Waals surface area contributed by atoms with Crippen LogP contribution >= 0.6 is 15.9 Å². The highest BCUT2D eigenvalue weighted by atomic mass is 79.9. The first-order valence-corrected chi connectivity index (χ1v) is 6.32. The average Bonchev–Trinajstić information content (AvgIpc) is 2.29. The van der Waals surface area contributed by atoms with Crippen molar-refractivity contribution in [3.8, 4) is 0 Å². The molecule has 0 heterocycles. The van der Waals surface area contributed by atoms with E-state index in [1.807, 2.05) is 36.4 Å². The second kappa shape index (κ2) is 5.23. The van der Waals surface area contributed by atoms with Crippen LogP contribution in [0.5, 0.6) is 0 Å². The van der Waals surface area contributed by atoms with Gasteiger partial charge in [-0.15, -0.1) is 0 Å². The highest BCUT2D eigenvalue weighted by Gasteiger charge is 2.05. The molecular formula is C14H15BrN2. The van der Waals surface area contributed by atoms with E-state index in [9.17, 15) is 0 Å². The summed E-state index contributed by atoms with van der Waals surface area (Å²) in [6.07, 6.45) is 0. The fourth-order valence-electron chi connectivity index (χ4n) is 1.74. The first-order chi connectivity index (χ1) is 8.15. The third-order valence-electron chi connectivity index (χ3n) is 2.62. The highest BCUT2D eigenvalue weighted by Crippen LogP contribution is 2.22. The van der Waals surface area contributed by atoms with Crippen LogP contribution in [0.15, 0.2) is 53.0 Å². The van der Waals surface area contributed by atoms with Gasteiger partial charge < -0.3 is 11.1 Å². The fourth-order valence-corrected chi connectivity index (χ4v) is 2.15. The molecule has 1 atom stereocenters. The van der Waals surface area contributed by atoms with Crippen LogP contribution < -0.4 is 11.1 Å². The largest absolute Gasteiger partial charge is 0.399 e. The zero-order chi connectivity index (χ0) is 12.3. The zero-order valence-electron chi connectivity index (χ0n) is 9.65. The summed E-state index contributed by atoms with van der Waals surface area (Å²) in [5, 5.41) is 3.43. The monoisotopic (exact) mass is 290 g/mol. The predicted molar refractivity (Wildman–Crippen MR) is 77.0 cm³/mol. The van der Waals surface area contributed by atoms with Crippen molar-refractivity contribution >= 4 is 27.3 Å². The molecule has 2 aromatic rings. The molecule has 0 amide bonds. The van der Waals surface area contributed by atoms with Crippen LogP contribution in [-0.4, -0.2) is 0 Å². The van der Waals surface area contributed by atoms with E-state index in [0.717, 1.165) is 15.8 Å². The maximum atomic E-state index is 5.75. The van der Waals surface area contributed by atoms with Crippen molar-refractivity contribution in [3.05, 3.63) is 58.6 Å². The number of nitrogens with two attached hydrogens (primary N) is 1. The van der Waals surface area contributed by atoms with Crippen molar-refractivity contribution in [2.75, 3.05) is 11.1 Å². The molecule has 0 aliphatic rings. The molecule has 2 nitrogen and oxygen atoms in total. The summed E-state index contributed by atoms with van der Waals surface area (Å²) < 4.78 is 1.09. The first-order valence-electron chi connectivity index (χ1n) is 5.53. The second-order valence-corrected chi connectivity index (χ2v) is 4.96. The third kappa shape index (κ3) is 3.24. The quantitative estimate of drug-likeness (QED) is 0.831. The average molecular weight is 291 g/mol. The van der Waals surface area contributed by atoms with Crippen LogP contribution in [0.25, 0.3) is 0 Å². The lowest BCUT2D eigenvalue weighted by atomic mass is 10.1. The van der Waals surface area contributed by atoms with Crippen LogP contribution in [0.3, 0.4) is 0 Å². The van der Waals surface area contributed by atoms with Crippen molar-refractivity contribution in [2.45, 2.75) is 13.0 Å². The van der Waals surface area contributed by atoms with Gasteiger partial charge in [0.15, 0.2) is 0 Å². The minimum absolute atomic E-state index is 0.245. The first kappa shape index (κ1) is 12.0. The molecule has 3 heteroatoms. The van der Waals surface area contributed by atoms with Gasteiger partial charge in [-0.05, 0) is 42.8 Å². The van der Waals surface area contributed by atoms with Crippen LogP contribution in [-0.2, 0) is 0 Å². The molecule has 88 valence electrons. The van der Waals surface area contributed by atoms with Gasteiger partial charge in [-0.2, -0.15) is 0 Å². The maximum absolute atomic E-state index is 5.75. The van der Waals surface area contributed by atoms with Gasteiger partial charge in [0.25, 0.3) is 0 Å². The summed E-state index contributed by atoms with van der Waals surface area (Å²) in [7, 11) is 0. The number of anilines is 2. The molecule has 0 radical (unpaired) electrons. The molecule has 2 rings (SSSR count). The third-order valence-corrected chi connectivity index (χ3v) is 3.11. The van der Waals surface area contributed by atoms with Crippen LogP contribution in [0.1, 0.15) is 18.5 Å². The van der Waals surface area contributed by atoms with Crippen LogP contribution in [0.2, 0.25) is 0 Å². The van der Waals surface area contributed by atoms with E-state index in [0.29, 0.717) is 0 Å². The van der Waals surface area contributed by atoms with Crippen molar-refractivity contribution in [2.24, 2.45) is 0 Å². The van der Waals surface area contributed by atoms with E-state index in [1.54, 1.807) is 0 Å². The number of benzene rings is 2. The molecule has 0 aromatic heterocycles. The molecule has 0 saturated heterocycles. The molecule has 0 saturated carbocycles. The number of rotatable bonds is 3. The van der Waals surface area contributed by atoms with Gasteiger partial charge in [-0.1, -0.05) is 34.1 Å². The molecule has 0 aliphatic carbocycles. The molecule has 0 fully saturated rings. The summed E-state index contributed by atoms with van der Waals surface area (Å²) in [5.74, 6) is 0. The minimum Gasteiger partial charge on any atom is -0.399 e. The molecule has 0 spiro atoms. The Hall–Kier alpha value is -1.48. The smallest absolute Gasteiger partial charge is 0.0486 e. The van der Waals surface area contributed by atoms with Gasteiger partial charge >= 0.3 is 0 Å². The summed E-state index contributed by atoms with van der Waals surface area (Å²) in [6.45, 7) is 2.13. The van der Waals surface area contributed by atoms with Crippen molar-refractivity contribution in [1.82, 2.24) is 0 Å². The van der Waals surface area contributed by atoms with Gasteiger partial charge in [0.05, 0.1) is 0 Å². The van der Waals surface area contributed by atoms with Crippen molar-refractivity contribution < 1.29 is 0 Å². The SMILES string of the molecule is CC(Nc1cccc(N)c1)c1cccc(Br)c1. The van der Waals surface area contributed by atoms with Gasteiger partial charge in [-0.3, -0.25) is 0 Å². The van der Waals surface area contributed by atoms with Crippen LogP contribution in [0.4, 0.5) is 11.4 Å². The predicted octanol–water partition coefficient (Wildman–Crippen LogP) is 4.20. The molecule has 2 aromatic carbocycles. The molecule has 0 aliphatic heterocycles. The summed E-state index contributed by atoms with van der Waals surface area (Å²) in [6, 6.07) is 16.3. The van der Waals surface area contributed by atoms with Gasteiger partial charge in [0, 0.05) is 21.9 Å². The van der Waals surface area contributed by atoms with E-state index in [4.69, 9.17) is 5.73 Å². The van der Waals surface area contributed by atoms with Crippen molar-refractivity contribution in [1.29, 1.82) is 0 Å². The standard InChI is InChI=1S/C14H15BrN2/c1-10(11-4-2-5-12(15)8-11)17-14-7-3-6-13(16)9-14/h2-10,17H,16H2,1H3. The number of halogens is 1. The van der Waals surface area contributed by atoms with Crippen molar-refractivity contribution in [3.63, 3.8) is 0 Å². The normalized spacial score (nSPS) is 12.1. The topological polar surface area (TPSA) is 38.0 Å². The minimum atomic E-state index is 0.245. The molecule has 1 unspecified atom stereocenters. The van der Waals surface area contributed by atoms with E-state index in [2.05, 4.69) is 40.3 Å². The Morgan fingerprint density at radius 2 is 1.88 bits per heavy atom. The zero-order valence-corrected chi connectivity index (χ0v) is 11.2. The lowest BCUT2D eigenvalue weighted by molar-refractivity contribution is 0.884. The number of nitrogen functional groups attached to an aromatic ring is 1. The molecule has 0 bridgehead atoms. The number of hydrogen-bond donors (Lipinski definition) is 2. The molecule has 3 N–H and O–H groups in total. The van der Waals surface area contributed by atoms with Gasteiger partial charge in [-0.25, -0.2) is 0 Å². The van der Waals surface area contributed by atoms with Gasteiger partial charge in [0.1, 0.15) is 0 Å². The number of hydrogen-bond acceptors (Lipinski definition) is 2. The summed E-state index contributed by atoms with van der Waals surface area (Å²) in [4.78, 5) is 0.